The second-order valence-corrected chi connectivity index (χ2v) is 3.80. The van der Waals surface area contributed by atoms with Crippen LogP contribution in [0, 0.1) is 0 Å². The zero-order valence-corrected chi connectivity index (χ0v) is 9.11. The number of allylic oxidation sites excluding steroid dienone is 1. The van der Waals surface area contributed by atoms with Crippen molar-refractivity contribution < 1.29 is 0 Å². The maximum atomic E-state index is 2.24. The highest BCUT2D eigenvalue weighted by Gasteiger charge is 1.92. The van der Waals surface area contributed by atoms with Crippen LogP contribution in [0.25, 0.3) is 16.8 Å². The van der Waals surface area contributed by atoms with E-state index in [2.05, 4.69) is 61.5 Å². The molecule has 0 nitrogen and oxygen atoms in total. The highest BCUT2D eigenvalue weighted by atomic mass is 14.0. The summed E-state index contributed by atoms with van der Waals surface area (Å²) in [6.07, 6.45) is 6.82. The number of fused-ring (bicyclic) bond motifs is 1. The number of unbranched alkanes of at least 4 members (excludes halogenated alkanes) is 1. The highest BCUT2D eigenvalue weighted by molar-refractivity contribution is 5.84. The molecule has 0 radical (unpaired) electrons. The molecular formula is C15H16. The van der Waals surface area contributed by atoms with Gasteiger partial charge in [-0.15, -0.1) is 0 Å². The molecule has 0 N–H and O–H groups in total. The third-order valence-electron chi connectivity index (χ3n) is 2.54. The predicted molar refractivity (Wildman–Crippen MR) is 67.9 cm³/mol. The lowest BCUT2D eigenvalue weighted by molar-refractivity contribution is 0.962. The molecule has 0 aliphatic rings. The van der Waals surface area contributed by atoms with Crippen molar-refractivity contribution in [2.45, 2.75) is 19.8 Å². The Morgan fingerprint density at radius 2 is 1.80 bits per heavy atom. The third-order valence-corrected chi connectivity index (χ3v) is 2.54. The van der Waals surface area contributed by atoms with E-state index in [-0.39, 0.29) is 0 Å². The molecule has 0 bridgehead atoms. The van der Waals surface area contributed by atoms with Crippen LogP contribution in [-0.2, 0) is 0 Å². The zero-order chi connectivity index (χ0) is 10.5. The predicted octanol–water partition coefficient (Wildman–Crippen LogP) is 4.65. The van der Waals surface area contributed by atoms with Crippen molar-refractivity contribution in [3.63, 3.8) is 0 Å². The summed E-state index contributed by atoms with van der Waals surface area (Å²) in [6.45, 7) is 2.20. The van der Waals surface area contributed by atoms with Gasteiger partial charge in [0.1, 0.15) is 0 Å². The van der Waals surface area contributed by atoms with Crippen LogP contribution in [0.15, 0.2) is 48.5 Å². The molecule has 0 aliphatic carbocycles. The molecule has 0 heterocycles. The Hall–Kier alpha value is -1.56. The van der Waals surface area contributed by atoms with E-state index in [0.717, 1.165) is 6.42 Å². The molecule has 0 fully saturated rings. The largest absolute Gasteiger partial charge is 0.0840 e. The Morgan fingerprint density at radius 1 is 1.00 bits per heavy atom. The zero-order valence-electron chi connectivity index (χ0n) is 9.11. The maximum Gasteiger partial charge on any atom is -0.0178 e. The Kier molecular flexibility index (Phi) is 3.18. The lowest BCUT2D eigenvalue weighted by atomic mass is 10.1. The van der Waals surface area contributed by atoms with Crippen LogP contribution in [0.4, 0.5) is 0 Å². The molecule has 0 aliphatic heterocycles. The number of rotatable bonds is 3. The van der Waals surface area contributed by atoms with Crippen molar-refractivity contribution in [2.75, 3.05) is 0 Å². The van der Waals surface area contributed by atoms with Gasteiger partial charge in [-0.05, 0) is 28.8 Å². The van der Waals surface area contributed by atoms with Crippen molar-refractivity contribution in [2.24, 2.45) is 0 Å². The smallest absolute Gasteiger partial charge is 0.0178 e. The second kappa shape index (κ2) is 4.79. The average molecular weight is 196 g/mol. The van der Waals surface area contributed by atoms with Gasteiger partial charge in [-0.1, -0.05) is 61.9 Å². The van der Waals surface area contributed by atoms with Gasteiger partial charge in [-0.2, -0.15) is 0 Å². The van der Waals surface area contributed by atoms with Crippen LogP contribution in [0.1, 0.15) is 25.3 Å². The van der Waals surface area contributed by atoms with E-state index in [1.54, 1.807) is 0 Å². The first kappa shape index (κ1) is 9.97. The van der Waals surface area contributed by atoms with Gasteiger partial charge in [-0.25, -0.2) is 0 Å². The first-order valence-corrected chi connectivity index (χ1v) is 5.55. The number of benzene rings is 2. The van der Waals surface area contributed by atoms with E-state index in [1.807, 2.05) is 0 Å². The molecule has 15 heavy (non-hydrogen) atoms. The third kappa shape index (κ3) is 2.47. The van der Waals surface area contributed by atoms with Crippen molar-refractivity contribution in [1.29, 1.82) is 0 Å². The Bertz CT molecular complexity index is 466. The summed E-state index contributed by atoms with van der Waals surface area (Å²) in [5.41, 5.74) is 1.29. The minimum Gasteiger partial charge on any atom is -0.0840 e. The Labute approximate surface area is 91.2 Å². The van der Waals surface area contributed by atoms with E-state index in [1.165, 1.54) is 22.8 Å². The highest BCUT2D eigenvalue weighted by Crippen LogP contribution is 2.16. The summed E-state index contributed by atoms with van der Waals surface area (Å²) in [5, 5.41) is 2.63. The second-order valence-electron chi connectivity index (χ2n) is 3.80. The minimum atomic E-state index is 1.16. The van der Waals surface area contributed by atoms with Crippen LogP contribution >= 0.6 is 0 Å². The van der Waals surface area contributed by atoms with Gasteiger partial charge in [0.25, 0.3) is 0 Å². The van der Waals surface area contributed by atoms with E-state index in [4.69, 9.17) is 0 Å². The molecule has 2 aromatic carbocycles. The first-order chi connectivity index (χ1) is 7.40. The number of hydrogen-bond acceptors (Lipinski definition) is 0. The molecule has 0 saturated carbocycles. The minimum absolute atomic E-state index is 1.16. The van der Waals surface area contributed by atoms with Crippen LogP contribution in [0.2, 0.25) is 0 Å². The molecule has 76 valence electrons. The molecule has 0 unspecified atom stereocenters. The van der Waals surface area contributed by atoms with E-state index < -0.39 is 0 Å². The van der Waals surface area contributed by atoms with Gasteiger partial charge < -0.3 is 0 Å². The van der Waals surface area contributed by atoms with Gasteiger partial charge in [0.2, 0.25) is 0 Å². The molecule has 0 amide bonds. The van der Waals surface area contributed by atoms with Crippen LogP contribution in [-0.4, -0.2) is 0 Å². The molecule has 0 atom stereocenters. The summed E-state index contributed by atoms with van der Waals surface area (Å²) >= 11 is 0. The summed E-state index contributed by atoms with van der Waals surface area (Å²) < 4.78 is 0. The fourth-order valence-electron chi connectivity index (χ4n) is 1.70. The molecule has 0 spiro atoms. The van der Waals surface area contributed by atoms with Gasteiger partial charge >= 0.3 is 0 Å². The average Bonchev–Trinajstić information content (AvgIpc) is 2.29. The van der Waals surface area contributed by atoms with Crippen LogP contribution in [0.5, 0.6) is 0 Å². The SMILES string of the molecule is CCC/C=C\c1ccc2ccccc2c1. The standard InChI is InChI=1S/C15H16/c1-2-3-4-7-13-10-11-14-8-5-6-9-15(14)12-13/h4-12H,2-3H2,1H3/b7-4-. The normalized spacial score (nSPS) is 11.3. The fraction of sp³-hybridized carbons (Fsp3) is 0.200. The summed E-state index contributed by atoms with van der Waals surface area (Å²) in [4.78, 5) is 0. The molecule has 0 heteroatoms. The molecule has 0 aromatic heterocycles. The fourth-order valence-corrected chi connectivity index (χ4v) is 1.70. The van der Waals surface area contributed by atoms with Crippen LogP contribution in [0.3, 0.4) is 0 Å². The molecular weight excluding hydrogens is 180 g/mol. The monoisotopic (exact) mass is 196 g/mol. The van der Waals surface area contributed by atoms with Crippen molar-refractivity contribution in [3.05, 3.63) is 54.1 Å². The number of hydrogen-bond donors (Lipinski definition) is 0. The topological polar surface area (TPSA) is 0 Å². The van der Waals surface area contributed by atoms with Crippen LogP contribution < -0.4 is 0 Å². The lowest BCUT2D eigenvalue weighted by Gasteiger charge is -1.98. The first-order valence-electron chi connectivity index (χ1n) is 5.55. The van der Waals surface area contributed by atoms with Crippen molar-refractivity contribution in [3.8, 4) is 0 Å². The van der Waals surface area contributed by atoms with Crippen molar-refractivity contribution in [1.82, 2.24) is 0 Å². The molecule has 2 aromatic rings. The maximum absolute atomic E-state index is 2.24. The Morgan fingerprint density at radius 3 is 2.60 bits per heavy atom. The van der Waals surface area contributed by atoms with E-state index in [9.17, 15) is 0 Å². The van der Waals surface area contributed by atoms with Gasteiger partial charge in [0.05, 0.1) is 0 Å². The lowest BCUT2D eigenvalue weighted by Crippen LogP contribution is -1.74. The molecule has 2 rings (SSSR count). The summed E-state index contributed by atoms with van der Waals surface area (Å²) in [5.74, 6) is 0. The van der Waals surface area contributed by atoms with Gasteiger partial charge in [-0.3, -0.25) is 0 Å². The van der Waals surface area contributed by atoms with Gasteiger partial charge in [0.15, 0.2) is 0 Å². The summed E-state index contributed by atoms with van der Waals surface area (Å²) in [7, 11) is 0. The molecule has 0 saturated heterocycles. The Balaban J connectivity index is 2.30. The van der Waals surface area contributed by atoms with E-state index in [0.29, 0.717) is 0 Å². The quantitative estimate of drug-likeness (QED) is 0.670. The van der Waals surface area contributed by atoms with Gasteiger partial charge in [0, 0.05) is 0 Å². The summed E-state index contributed by atoms with van der Waals surface area (Å²) in [6, 6.07) is 15.1. The van der Waals surface area contributed by atoms with E-state index >= 15 is 0 Å². The van der Waals surface area contributed by atoms with Crippen molar-refractivity contribution >= 4 is 16.8 Å².